The number of rotatable bonds is 7. The van der Waals surface area contributed by atoms with Crippen molar-refractivity contribution in [2.45, 2.75) is 0 Å². The highest BCUT2D eigenvalue weighted by Gasteiger charge is 2.14. The van der Waals surface area contributed by atoms with Crippen molar-refractivity contribution in [3.05, 3.63) is 65.7 Å². The van der Waals surface area contributed by atoms with Gasteiger partial charge in [0.1, 0.15) is 5.75 Å². The molecule has 27 heavy (non-hydrogen) atoms. The molecule has 1 aliphatic rings. The summed E-state index contributed by atoms with van der Waals surface area (Å²) in [6, 6.07) is 17.4. The van der Waals surface area contributed by atoms with E-state index in [2.05, 4.69) is 10.2 Å². The minimum absolute atomic E-state index is 0.0646. The third kappa shape index (κ3) is 5.67. The van der Waals surface area contributed by atoms with Gasteiger partial charge in [0.25, 0.3) is 5.91 Å². The summed E-state index contributed by atoms with van der Waals surface area (Å²) in [7, 11) is 1.64. The van der Waals surface area contributed by atoms with Gasteiger partial charge >= 0.3 is 0 Å². The number of amides is 1. The number of carbonyl (C=O) groups excluding carboxylic acids is 1. The molecule has 1 fully saturated rings. The molecule has 1 aliphatic heterocycles. The summed E-state index contributed by atoms with van der Waals surface area (Å²) in [6.07, 6.45) is 1.92. The van der Waals surface area contributed by atoms with Gasteiger partial charge in [-0.1, -0.05) is 42.5 Å². The predicted molar refractivity (Wildman–Crippen MR) is 108 cm³/mol. The van der Waals surface area contributed by atoms with Crippen molar-refractivity contribution in [3.63, 3.8) is 0 Å². The largest absolute Gasteiger partial charge is 0.497 e. The van der Waals surface area contributed by atoms with Crippen LogP contribution in [0.4, 0.5) is 0 Å². The molecule has 1 saturated heterocycles. The molecule has 0 atom stereocenters. The van der Waals surface area contributed by atoms with Crippen molar-refractivity contribution < 1.29 is 14.3 Å². The zero-order valence-corrected chi connectivity index (χ0v) is 15.7. The second kappa shape index (κ2) is 9.90. The second-order valence-electron chi connectivity index (χ2n) is 6.41. The van der Waals surface area contributed by atoms with Gasteiger partial charge in [-0.15, -0.1) is 0 Å². The van der Waals surface area contributed by atoms with Gasteiger partial charge in [-0.25, -0.2) is 0 Å². The third-order valence-corrected chi connectivity index (χ3v) is 4.57. The van der Waals surface area contributed by atoms with Crippen molar-refractivity contribution in [1.82, 2.24) is 10.2 Å². The first-order chi connectivity index (χ1) is 13.3. The topological polar surface area (TPSA) is 50.8 Å². The molecule has 0 spiro atoms. The fourth-order valence-electron chi connectivity index (χ4n) is 3.01. The number of nitrogens with zero attached hydrogens (tertiary/aromatic N) is 1. The number of ether oxygens (including phenoxy) is 2. The first-order valence-corrected chi connectivity index (χ1v) is 9.26. The maximum atomic E-state index is 12.9. The Kier molecular flexibility index (Phi) is 7.02. The van der Waals surface area contributed by atoms with Gasteiger partial charge in [-0.2, -0.15) is 0 Å². The van der Waals surface area contributed by atoms with Crippen LogP contribution in [0.25, 0.3) is 11.6 Å². The molecule has 2 aromatic rings. The lowest BCUT2D eigenvalue weighted by Crippen LogP contribution is -2.41. The lowest BCUT2D eigenvalue weighted by atomic mass is 10.0. The summed E-state index contributed by atoms with van der Waals surface area (Å²) >= 11 is 0. The Bertz CT molecular complexity index is 751. The van der Waals surface area contributed by atoms with Crippen LogP contribution in [-0.2, 0) is 9.53 Å². The minimum Gasteiger partial charge on any atom is -0.497 e. The quantitative estimate of drug-likeness (QED) is 0.605. The average Bonchev–Trinajstić information content (AvgIpc) is 2.74. The SMILES string of the molecule is COc1ccc(C=C(C(=O)NCCN2CCOCC2)c2ccccc2)cc1. The van der Waals surface area contributed by atoms with E-state index in [0.717, 1.165) is 49.7 Å². The standard InChI is InChI=1S/C22H26N2O3/c1-26-20-9-7-18(8-10-20)17-21(19-5-3-2-4-6-19)22(25)23-11-12-24-13-15-27-16-14-24/h2-10,17H,11-16H2,1H3,(H,23,25). The summed E-state index contributed by atoms with van der Waals surface area (Å²) in [5.41, 5.74) is 2.51. The molecule has 1 N–H and O–H groups in total. The van der Waals surface area contributed by atoms with Crippen molar-refractivity contribution in [2.24, 2.45) is 0 Å². The van der Waals surface area contributed by atoms with Gasteiger partial charge in [-0.3, -0.25) is 9.69 Å². The number of methoxy groups -OCH3 is 1. The Morgan fingerprint density at radius 3 is 2.48 bits per heavy atom. The van der Waals surface area contributed by atoms with Gasteiger partial charge in [0.15, 0.2) is 0 Å². The maximum absolute atomic E-state index is 12.9. The Labute approximate surface area is 160 Å². The molecule has 0 unspecified atom stereocenters. The van der Waals surface area contributed by atoms with Gasteiger partial charge in [0.05, 0.1) is 20.3 Å². The van der Waals surface area contributed by atoms with Crippen LogP contribution in [0, 0.1) is 0 Å². The van der Waals surface area contributed by atoms with E-state index in [1.807, 2.05) is 60.7 Å². The molecule has 3 rings (SSSR count). The van der Waals surface area contributed by atoms with Crippen LogP contribution in [0.15, 0.2) is 54.6 Å². The van der Waals surface area contributed by atoms with Crippen molar-refractivity contribution >= 4 is 17.6 Å². The predicted octanol–water partition coefficient (Wildman–Crippen LogP) is 2.68. The van der Waals surface area contributed by atoms with Crippen molar-refractivity contribution in [2.75, 3.05) is 46.5 Å². The van der Waals surface area contributed by atoms with E-state index in [4.69, 9.17) is 9.47 Å². The normalized spacial score (nSPS) is 15.4. The lowest BCUT2D eigenvalue weighted by molar-refractivity contribution is -0.115. The van der Waals surface area contributed by atoms with Crippen LogP contribution in [0.1, 0.15) is 11.1 Å². The highest BCUT2D eigenvalue weighted by Crippen LogP contribution is 2.20. The molecule has 2 aromatic carbocycles. The number of carbonyl (C=O) groups is 1. The van der Waals surface area contributed by atoms with Crippen LogP contribution < -0.4 is 10.1 Å². The number of hydrogen-bond donors (Lipinski definition) is 1. The number of benzene rings is 2. The van der Waals surface area contributed by atoms with Crippen molar-refractivity contribution in [3.8, 4) is 5.75 Å². The lowest BCUT2D eigenvalue weighted by Gasteiger charge is -2.26. The van der Waals surface area contributed by atoms with Crippen LogP contribution in [0.2, 0.25) is 0 Å². The van der Waals surface area contributed by atoms with Gasteiger partial charge in [0, 0.05) is 31.8 Å². The Balaban J connectivity index is 1.71. The molecule has 0 radical (unpaired) electrons. The minimum atomic E-state index is -0.0646. The first kappa shape index (κ1) is 19.1. The van der Waals surface area contributed by atoms with E-state index in [0.29, 0.717) is 12.1 Å². The Hall–Kier alpha value is -2.63. The van der Waals surface area contributed by atoms with E-state index in [-0.39, 0.29) is 5.91 Å². The smallest absolute Gasteiger partial charge is 0.251 e. The van der Waals surface area contributed by atoms with Crippen LogP contribution in [0.3, 0.4) is 0 Å². The zero-order chi connectivity index (χ0) is 18.9. The molecule has 0 bridgehead atoms. The van der Waals surface area contributed by atoms with Gasteiger partial charge in [0.2, 0.25) is 0 Å². The Morgan fingerprint density at radius 2 is 1.81 bits per heavy atom. The number of hydrogen-bond acceptors (Lipinski definition) is 4. The molecule has 0 aliphatic carbocycles. The fraction of sp³-hybridized carbons (Fsp3) is 0.318. The summed E-state index contributed by atoms with van der Waals surface area (Å²) in [6.45, 7) is 4.82. The second-order valence-corrected chi connectivity index (χ2v) is 6.41. The van der Waals surface area contributed by atoms with Gasteiger partial charge in [-0.05, 0) is 29.3 Å². The van der Waals surface area contributed by atoms with E-state index in [1.165, 1.54) is 0 Å². The zero-order valence-electron chi connectivity index (χ0n) is 15.7. The molecule has 0 saturated carbocycles. The monoisotopic (exact) mass is 366 g/mol. The van der Waals surface area contributed by atoms with E-state index in [9.17, 15) is 4.79 Å². The van der Waals surface area contributed by atoms with Crippen LogP contribution in [0.5, 0.6) is 5.75 Å². The fourth-order valence-corrected chi connectivity index (χ4v) is 3.01. The summed E-state index contributed by atoms with van der Waals surface area (Å²) in [5.74, 6) is 0.730. The van der Waals surface area contributed by atoms with E-state index in [1.54, 1.807) is 7.11 Å². The van der Waals surface area contributed by atoms with Crippen molar-refractivity contribution in [1.29, 1.82) is 0 Å². The summed E-state index contributed by atoms with van der Waals surface area (Å²) in [5, 5.41) is 3.06. The molecule has 142 valence electrons. The molecular weight excluding hydrogens is 340 g/mol. The molecule has 1 amide bonds. The Morgan fingerprint density at radius 1 is 1.11 bits per heavy atom. The van der Waals surface area contributed by atoms with E-state index >= 15 is 0 Å². The number of morpholine rings is 1. The van der Waals surface area contributed by atoms with Crippen LogP contribution >= 0.6 is 0 Å². The highest BCUT2D eigenvalue weighted by atomic mass is 16.5. The molecular formula is C22H26N2O3. The average molecular weight is 366 g/mol. The molecule has 5 nitrogen and oxygen atoms in total. The van der Waals surface area contributed by atoms with Gasteiger partial charge < -0.3 is 14.8 Å². The van der Waals surface area contributed by atoms with E-state index < -0.39 is 0 Å². The molecule has 1 heterocycles. The third-order valence-electron chi connectivity index (χ3n) is 4.57. The highest BCUT2D eigenvalue weighted by molar-refractivity contribution is 6.24. The number of nitrogens with one attached hydrogen (secondary N) is 1. The maximum Gasteiger partial charge on any atom is 0.251 e. The van der Waals surface area contributed by atoms with Crippen LogP contribution in [-0.4, -0.2) is 57.3 Å². The summed E-state index contributed by atoms with van der Waals surface area (Å²) in [4.78, 5) is 15.2. The molecule has 0 aromatic heterocycles. The first-order valence-electron chi connectivity index (χ1n) is 9.26. The summed E-state index contributed by atoms with van der Waals surface area (Å²) < 4.78 is 10.6. The molecule has 5 heteroatoms.